The molecule has 1 amide bonds. The van der Waals surface area contributed by atoms with Crippen molar-refractivity contribution in [3.8, 4) is 5.75 Å². The van der Waals surface area contributed by atoms with Gasteiger partial charge in [-0.1, -0.05) is 25.1 Å². The van der Waals surface area contributed by atoms with Gasteiger partial charge in [-0.25, -0.2) is 18.6 Å². The number of hydrogen-bond donors (Lipinski definition) is 3. The monoisotopic (exact) mass is 361 g/mol. The average Bonchev–Trinajstić information content (AvgIpc) is 2.63. The molecule has 2 aromatic rings. The number of rotatable bonds is 7. The van der Waals surface area contributed by atoms with Crippen molar-refractivity contribution in [3.05, 3.63) is 60.2 Å². The Morgan fingerprint density at radius 3 is 2.32 bits per heavy atom. The van der Waals surface area contributed by atoms with E-state index in [1.807, 2.05) is 6.92 Å². The summed E-state index contributed by atoms with van der Waals surface area (Å²) in [6.07, 6.45) is 0.556. The second kappa shape index (κ2) is 8.41. The summed E-state index contributed by atoms with van der Waals surface area (Å²) in [6.45, 7) is 1.45. The fourth-order valence-electron chi connectivity index (χ4n) is 2.01. The van der Waals surface area contributed by atoms with Crippen molar-refractivity contribution in [1.82, 2.24) is 10.1 Å². The summed E-state index contributed by atoms with van der Waals surface area (Å²) < 4.78 is 26.3. The third kappa shape index (κ3) is 5.40. The molecule has 0 spiro atoms. The predicted molar refractivity (Wildman–Crippen MR) is 94.7 cm³/mol. The van der Waals surface area contributed by atoms with Crippen molar-refractivity contribution in [2.24, 2.45) is 5.10 Å². The van der Waals surface area contributed by atoms with Crippen molar-refractivity contribution in [3.63, 3.8) is 0 Å². The lowest BCUT2D eigenvalue weighted by Gasteiger charge is -2.07. The molecule has 0 bridgehead atoms. The zero-order chi connectivity index (χ0) is 18.3. The molecule has 0 aromatic heterocycles. The zero-order valence-electron chi connectivity index (χ0n) is 13.6. The molecular weight excluding hydrogens is 342 g/mol. The molecule has 132 valence electrons. The van der Waals surface area contributed by atoms with Gasteiger partial charge in [-0.15, -0.1) is 0 Å². The molecule has 0 aliphatic carbocycles. The molecule has 0 unspecified atom stereocenters. The minimum Gasteiger partial charge on any atom is -0.508 e. The number of carbonyl (C=O) groups is 1. The Kier molecular flexibility index (Phi) is 6.26. The first kappa shape index (κ1) is 18.6. The molecule has 2 aromatic carbocycles. The molecule has 0 heterocycles. The van der Waals surface area contributed by atoms with Gasteiger partial charge < -0.3 is 5.11 Å². The van der Waals surface area contributed by atoms with Gasteiger partial charge >= 0.3 is 0 Å². The summed E-state index contributed by atoms with van der Waals surface area (Å²) in [5, 5.41) is 13.3. The summed E-state index contributed by atoms with van der Waals surface area (Å²) in [7, 11) is -3.74. The quantitative estimate of drug-likeness (QED) is 0.514. The van der Waals surface area contributed by atoms with Crippen molar-refractivity contribution in [1.29, 1.82) is 0 Å². The highest BCUT2D eigenvalue weighted by molar-refractivity contribution is 7.89. The van der Waals surface area contributed by atoms with Gasteiger partial charge in [-0.05, 0) is 48.4 Å². The third-order valence-electron chi connectivity index (χ3n) is 3.33. The Hall–Kier alpha value is -2.71. The Morgan fingerprint density at radius 1 is 1.08 bits per heavy atom. The second-order valence-electron chi connectivity index (χ2n) is 5.13. The Bertz CT molecular complexity index is 847. The number of benzene rings is 2. The number of phenolic OH excluding ortho intramolecular Hbond substituents is 1. The maximum absolute atomic E-state index is 12.0. The van der Waals surface area contributed by atoms with Gasteiger partial charge in [0.15, 0.2) is 0 Å². The summed E-state index contributed by atoms with van der Waals surface area (Å²) in [4.78, 5) is 11.9. The van der Waals surface area contributed by atoms with Gasteiger partial charge in [-0.2, -0.15) is 5.10 Å². The van der Waals surface area contributed by atoms with Crippen molar-refractivity contribution in [2.75, 3.05) is 6.54 Å². The number of sulfonamides is 1. The molecule has 0 fully saturated rings. The maximum atomic E-state index is 12.0. The van der Waals surface area contributed by atoms with E-state index >= 15 is 0 Å². The molecule has 7 nitrogen and oxygen atoms in total. The van der Waals surface area contributed by atoms with Crippen LogP contribution in [0.3, 0.4) is 0 Å². The van der Waals surface area contributed by atoms with E-state index in [4.69, 9.17) is 0 Å². The summed E-state index contributed by atoms with van der Waals surface area (Å²) in [6, 6.07) is 14.2. The van der Waals surface area contributed by atoms with Crippen LogP contribution in [0, 0.1) is 0 Å². The van der Waals surface area contributed by atoms with E-state index < -0.39 is 22.5 Å². The van der Waals surface area contributed by atoms with Crippen LogP contribution in [0.25, 0.3) is 0 Å². The highest BCUT2D eigenvalue weighted by Gasteiger charge is 2.14. The minimum atomic E-state index is -3.74. The Labute approximate surface area is 146 Å². The van der Waals surface area contributed by atoms with Crippen LogP contribution in [0.4, 0.5) is 0 Å². The van der Waals surface area contributed by atoms with E-state index in [-0.39, 0.29) is 10.6 Å². The summed E-state index contributed by atoms with van der Waals surface area (Å²) >= 11 is 0. The van der Waals surface area contributed by atoms with Crippen LogP contribution in [0.15, 0.2) is 64.6 Å². The fraction of sp³-hybridized carbons (Fsp3) is 0.176. The van der Waals surface area contributed by atoms with Gasteiger partial charge in [0.1, 0.15) is 5.75 Å². The van der Waals surface area contributed by atoms with Crippen LogP contribution in [0.2, 0.25) is 0 Å². The normalized spacial score (nSPS) is 12.0. The van der Waals surface area contributed by atoms with Crippen LogP contribution < -0.4 is 10.1 Å². The van der Waals surface area contributed by atoms with E-state index in [1.54, 1.807) is 30.3 Å². The smallest absolute Gasteiger partial charge is 0.255 e. The zero-order valence-corrected chi connectivity index (χ0v) is 14.5. The average molecular weight is 361 g/mol. The SMILES string of the molecule is CC/C(=N\NC(=O)CNS(=O)(=O)c1ccccc1)c1ccc(O)cc1. The first-order chi connectivity index (χ1) is 11.9. The highest BCUT2D eigenvalue weighted by Crippen LogP contribution is 2.11. The molecule has 2 rings (SSSR count). The third-order valence-corrected chi connectivity index (χ3v) is 4.74. The molecule has 3 N–H and O–H groups in total. The number of nitrogens with zero attached hydrogens (tertiary/aromatic N) is 1. The largest absolute Gasteiger partial charge is 0.508 e. The van der Waals surface area contributed by atoms with Crippen molar-refractivity contribution < 1.29 is 18.3 Å². The van der Waals surface area contributed by atoms with E-state index in [0.29, 0.717) is 12.1 Å². The first-order valence-electron chi connectivity index (χ1n) is 7.62. The van der Waals surface area contributed by atoms with E-state index in [0.717, 1.165) is 5.56 Å². The van der Waals surface area contributed by atoms with Crippen molar-refractivity contribution >= 4 is 21.6 Å². The topological polar surface area (TPSA) is 108 Å². The first-order valence-corrected chi connectivity index (χ1v) is 9.10. The lowest BCUT2D eigenvalue weighted by Crippen LogP contribution is -2.35. The molecule has 0 aliphatic heterocycles. The van der Waals surface area contributed by atoms with E-state index in [9.17, 15) is 18.3 Å². The fourth-order valence-corrected chi connectivity index (χ4v) is 3.02. The molecule has 0 saturated heterocycles. The van der Waals surface area contributed by atoms with Gasteiger partial charge in [0.05, 0.1) is 17.2 Å². The number of aromatic hydroxyl groups is 1. The minimum absolute atomic E-state index is 0.0876. The Balaban J connectivity index is 1.96. The molecule has 0 saturated carbocycles. The van der Waals surface area contributed by atoms with Gasteiger partial charge in [0.2, 0.25) is 10.0 Å². The van der Waals surface area contributed by atoms with E-state index in [1.165, 1.54) is 24.3 Å². The van der Waals surface area contributed by atoms with E-state index in [2.05, 4.69) is 15.2 Å². The van der Waals surface area contributed by atoms with Gasteiger partial charge in [-0.3, -0.25) is 4.79 Å². The number of nitrogens with one attached hydrogen (secondary N) is 2. The molecule has 0 atom stereocenters. The molecule has 8 heteroatoms. The van der Waals surface area contributed by atoms with Gasteiger partial charge in [0.25, 0.3) is 5.91 Å². The van der Waals surface area contributed by atoms with Gasteiger partial charge in [0, 0.05) is 0 Å². The Morgan fingerprint density at radius 2 is 1.72 bits per heavy atom. The number of phenols is 1. The lowest BCUT2D eigenvalue weighted by molar-refractivity contribution is -0.119. The predicted octanol–water partition coefficient (Wildman–Crippen LogP) is 1.60. The summed E-state index contributed by atoms with van der Waals surface area (Å²) in [5.74, 6) is -0.442. The number of hydrogen-bond acceptors (Lipinski definition) is 5. The van der Waals surface area contributed by atoms with Crippen LogP contribution >= 0.6 is 0 Å². The number of hydrazone groups is 1. The van der Waals surface area contributed by atoms with Crippen LogP contribution in [-0.2, 0) is 14.8 Å². The summed E-state index contributed by atoms with van der Waals surface area (Å²) in [5.41, 5.74) is 3.70. The highest BCUT2D eigenvalue weighted by atomic mass is 32.2. The number of amides is 1. The van der Waals surface area contributed by atoms with Crippen molar-refractivity contribution in [2.45, 2.75) is 18.2 Å². The standard InChI is InChI=1S/C17H19N3O4S/c1-2-16(13-8-10-14(21)11-9-13)19-20-17(22)12-18-25(23,24)15-6-4-3-5-7-15/h3-11,18,21H,2,12H2,1H3,(H,20,22)/b19-16+. The van der Waals surface area contributed by atoms with Crippen LogP contribution in [0.5, 0.6) is 5.75 Å². The van der Waals surface area contributed by atoms with Crippen LogP contribution in [0.1, 0.15) is 18.9 Å². The lowest BCUT2D eigenvalue weighted by atomic mass is 10.1. The molecule has 0 aliphatic rings. The number of carbonyl (C=O) groups excluding carboxylic acids is 1. The molecule has 0 radical (unpaired) electrons. The van der Waals surface area contributed by atoms with Crippen LogP contribution in [-0.4, -0.2) is 31.7 Å². The maximum Gasteiger partial charge on any atom is 0.255 e. The molecular formula is C17H19N3O4S. The molecule has 25 heavy (non-hydrogen) atoms. The second-order valence-corrected chi connectivity index (χ2v) is 6.90.